The number of carboxylic acids is 1. The van der Waals surface area contributed by atoms with Crippen molar-refractivity contribution in [3.8, 4) is 0 Å². The highest BCUT2D eigenvalue weighted by Gasteiger charge is 2.74. The van der Waals surface area contributed by atoms with Crippen molar-refractivity contribution in [2.45, 2.75) is 309 Å². The van der Waals surface area contributed by atoms with Crippen molar-refractivity contribution in [1.29, 1.82) is 0 Å². The van der Waals surface area contributed by atoms with Gasteiger partial charge in [0.2, 0.25) is 6.29 Å². The van der Waals surface area contributed by atoms with Gasteiger partial charge in [-0.05, 0) is 201 Å². The van der Waals surface area contributed by atoms with Crippen molar-refractivity contribution < 1.29 is 120 Å². The zero-order valence-corrected chi connectivity index (χ0v) is 62.5. The number of aliphatic carboxylic acids is 1. The number of aliphatic hydroxyl groups excluding tert-OH is 15. The Bertz CT molecular complexity index is 3130. The molecule has 13 aliphatic rings. The van der Waals surface area contributed by atoms with Gasteiger partial charge >= 0.3 is 11.9 Å². The highest BCUT2D eigenvalue weighted by molar-refractivity contribution is 5.79. The second-order valence-electron chi connectivity index (χ2n) is 37.4. The number of carbonyl (C=O) groups is 2. The summed E-state index contributed by atoms with van der Waals surface area (Å²) < 4.78 is 34.7. The first kappa shape index (κ1) is 79.2. The van der Waals surface area contributed by atoms with E-state index >= 15 is 4.79 Å². The van der Waals surface area contributed by atoms with Gasteiger partial charge in [0.05, 0.1) is 67.8 Å². The van der Waals surface area contributed by atoms with Crippen LogP contribution in [0.2, 0.25) is 0 Å². The van der Waals surface area contributed by atoms with Crippen LogP contribution in [-0.4, -0.2) is 237 Å². The molecule has 13 rings (SSSR count). The van der Waals surface area contributed by atoms with Crippen LogP contribution in [0.15, 0.2) is 23.3 Å². The van der Waals surface area contributed by atoms with Crippen molar-refractivity contribution in [2.24, 2.45) is 113 Å². The molecule has 582 valence electrons. The monoisotopic (exact) mass is 1450 g/mol. The van der Waals surface area contributed by atoms with Crippen molar-refractivity contribution in [3.63, 3.8) is 0 Å². The Kier molecular flexibility index (Phi) is 21.4. The molecule has 0 aromatic rings. The number of aliphatic hydroxyl groups is 15. The van der Waals surface area contributed by atoms with Gasteiger partial charge in [-0.15, -0.1) is 0 Å². The Hall–Kier alpha value is -2.38. The third-order valence-electron chi connectivity index (χ3n) is 33.2. The predicted octanol–water partition coefficient (Wildman–Crippen LogP) is 4.00. The summed E-state index contributed by atoms with van der Waals surface area (Å²) >= 11 is 0. The predicted molar refractivity (Wildman–Crippen MR) is 367 cm³/mol. The molecular weight excluding hydrogens is 1320 g/mol. The van der Waals surface area contributed by atoms with Gasteiger partial charge in [-0.3, -0.25) is 9.59 Å². The molecule has 3 saturated heterocycles. The number of carbonyl (C=O) groups excluding carboxylic acids is 1. The van der Waals surface area contributed by atoms with Gasteiger partial charge < -0.3 is 110 Å². The lowest BCUT2D eigenvalue weighted by molar-refractivity contribution is -0.361. The van der Waals surface area contributed by atoms with Crippen LogP contribution in [0.5, 0.6) is 0 Å². The zero-order chi connectivity index (χ0) is 74.9. The lowest BCUT2D eigenvalue weighted by atomic mass is 9.33. The van der Waals surface area contributed by atoms with E-state index in [0.29, 0.717) is 56.3 Å². The van der Waals surface area contributed by atoms with E-state index in [1.165, 1.54) is 18.1 Å². The number of ether oxygens (including phenoxy) is 6. The largest absolute Gasteiger partial charge is 0.481 e. The molecule has 3 heterocycles. The molecule has 0 amide bonds. The van der Waals surface area contributed by atoms with E-state index in [1.807, 2.05) is 13.8 Å². The van der Waals surface area contributed by atoms with Crippen molar-refractivity contribution in [2.75, 3.05) is 26.4 Å². The Morgan fingerprint density at radius 2 is 0.922 bits per heavy atom. The maximum absolute atomic E-state index is 15.0. The van der Waals surface area contributed by atoms with E-state index in [9.17, 15) is 86.5 Å². The van der Waals surface area contributed by atoms with E-state index in [4.69, 9.17) is 28.4 Å². The summed E-state index contributed by atoms with van der Waals surface area (Å²) in [5.74, 6) is 0.441. The molecule has 0 bridgehead atoms. The fourth-order valence-corrected chi connectivity index (χ4v) is 26.2. The van der Waals surface area contributed by atoms with E-state index in [-0.39, 0.29) is 87.1 Å². The smallest absolute Gasteiger partial charge is 0.315 e. The summed E-state index contributed by atoms with van der Waals surface area (Å²) in [6, 6.07) is 0. The molecule has 24 heteroatoms. The van der Waals surface area contributed by atoms with Gasteiger partial charge in [0.1, 0.15) is 67.1 Å². The third kappa shape index (κ3) is 11.4. The molecule has 0 spiro atoms. The van der Waals surface area contributed by atoms with Crippen LogP contribution in [0, 0.1) is 113 Å². The molecule has 8 saturated carbocycles. The van der Waals surface area contributed by atoms with Crippen molar-refractivity contribution in [1.82, 2.24) is 0 Å². The maximum atomic E-state index is 15.0. The van der Waals surface area contributed by atoms with Crippen LogP contribution in [-0.2, 0) is 38.0 Å². The topological polar surface area (TPSA) is 413 Å². The number of esters is 1. The Labute approximate surface area is 601 Å². The van der Waals surface area contributed by atoms with E-state index < -0.39 is 163 Å². The molecule has 0 aromatic carbocycles. The summed E-state index contributed by atoms with van der Waals surface area (Å²) in [6.45, 7) is 26.6. The number of carboxylic acid groups (broad SMARTS) is 1. The summed E-state index contributed by atoms with van der Waals surface area (Å²) in [6.07, 6.45) is -11.4. The van der Waals surface area contributed by atoms with Crippen LogP contribution in [0.4, 0.5) is 0 Å². The maximum Gasteiger partial charge on any atom is 0.315 e. The molecule has 3 aliphatic heterocycles. The number of hydrogen-bond donors (Lipinski definition) is 16. The zero-order valence-electron chi connectivity index (χ0n) is 62.5. The molecule has 0 radical (unpaired) electrons. The summed E-state index contributed by atoms with van der Waals surface area (Å²) in [5, 5.41) is 173. The van der Waals surface area contributed by atoms with Crippen LogP contribution in [0.25, 0.3) is 0 Å². The minimum absolute atomic E-state index is 0.00815. The normalized spacial score (nSPS) is 57.0. The molecule has 6 unspecified atom stereocenters. The minimum atomic E-state index is -1.86. The Balaban J connectivity index is 0.000000234. The van der Waals surface area contributed by atoms with Crippen LogP contribution in [0.3, 0.4) is 0 Å². The van der Waals surface area contributed by atoms with E-state index in [0.717, 1.165) is 64.2 Å². The van der Waals surface area contributed by atoms with Gasteiger partial charge in [0.25, 0.3) is 0 Å². The van der Waals surface area contributed by atoms with Crippen LogP contribution >= 0.6 is 0 Å². The number of rotatable bonds is 11. The number of hydrogen-bond acceptors (Lipinski definition) is 23. The fourth-order valence-electron chi connectivity index (χ4n) is 26.2. The lowest BCUT2D eigenvalue weighted by Crippen LogP contribution is -2.68. The van der Waals surface area contributed by atoms with Crippen molar-refractivity contribution in [3.05, 3.63) is 23.3 Å². The SMILES string of the molecule is CC1O[C@@H](O[C@@H]2C(CO)O[C@@H](OCC3O[C@@H](OC(=O)[C@]45CC[C@@H](C)[C@H](C)[C@H]4C4=CC[C@@H]6[C@@]7(C)C[C@@H](O)[C@H](O)[C@@](C)(CO)[C@@H]7CC[C@@]6(C)[C@]4(C)CC5)C(O)[C@H](O)[C@@H]3O)C(O)[C@@H]2O)C(O)[C@@H](O)[C@H]1O.C[C@H]1[C@H](C)CC[C@]2(C(=O)O)CC[C@]3(C)C(=CC[C@@H]4[C@@]5(C)C[C@@H](O)[C@H](O)[C@@](C)(CO)[C@@H]5CC[C@]43C)[C@H]12. The second-order valence-corrected chi connectivity index (χ2v) is 37.4. The van der Waals surface area contributed by atoms with Gasteiger partial charge in [0, 0.05) is 10.8 Å². The molecule has 11 fully saturated rings. The number of fused-ring (bicyclic) bond motifs is 14. The Morgan fingerprint density at radius 3 is 1.40 bits per heavy atom. The van der Waals surface area contributed by atoms with Crippen molar-refractivity contribution >= 4 is 11.9 Å². The molecule has 39 atom stereocenters. The molecule has 16 N–H and O–H groups in total. The molecular formula is C78H126O24. The number of allylic oxidation sites excluding steroid dienone is 4. The molecule has 10 aliphatic carbocycles. The standard InChI is InChI=1S/C48H78O19.C30H48O5/c1-20-10-13-48(15-14-46(6)23(29(48)21(20)2)8-9-28-44(4)16-24(51)39(60)45(5,19-50)27(44)11-12-47(28,46)7)43(61)67-42-36(58)33(55)31(53)26(65-42)18-62-40-37(59)34(56)38(25(17-49)64-40)66-41-35(57)32(54)30(52)22(3)63-41;1-17-9-12-30(25(34)35)14-13-28(5)19(23(30)18(17)2)7-8-22-26(3)15-20(32)24(33)27(4,16-31)21(26)10-11-29(22,28)6/h8,20-22,24-42,49-60H,9-19H2,1-7H3;7,17-18,20-24,31-33H,8-16H2,1-6H3,(H,34,35)/t20-,21+,22?,24-,25?,26?,27-,28-,29+,30+,31-,32+,33-,34+,35?,36?,37?,38-,39+,40-,41+,42+,44+,45+,46-,47-,48+;17-,18+,20-,21-,22-,23+,24+,26+,27+,28-,29-,30+/m11/s1. The van der Waals surface area contributed by atoms with Gasteiger partial charge in [0.15, 0.2) is 12.6 Å². The molecule has 24 nitrogen and oxygen atoms in total. The van der Waals surface area contributed by atoms with E-state index in [2.05, 4.69) is 81.4 Å². The highest BCUT2D eigenvalue weighted by Crippen LogP contribution is 2.78. The summed E-state index contributed by atoms with van der Waals surface area (Å²) in [4.78, 5) is 27.8. The van der Waals surface area contributed by atoms with E-state index in [1.54, 1.807) is 0 Å². The minimum Gasteiger partial charge on any atom is -0.481 e. The average Bonchev–Trinajstić information content (AvgIpc) is 0.678. The first-order valence-corrected chi connectivity index (χ1v) is 38.7. The summed E-state index contributed by atoms with van der Waals surface area (Å²) in [7, 11) is 0. The molecule has 102 heavy (non-hydrogen) atoms. The second kappa shape index (κ2) is 27.6. The summed E-state index contributed by atoms with van der Waals surface area (Å²) in [5.41, 5.74) is -1.85. The van der Waals surface area contributed by atoms with Crippen LogP contribution in [0.1, 0.15) is 193 Å². The van der Waals surface area contributed by atoms with Crippen LogP contribution < -0.4 is 0 Å². The first-order chi connectivity index (χ1) is 47.6. The fraction of sp³-hybridized carbons (Fsp3) is 0.923. The quantitative estimate of drug-likeness (QED) is 0.103. The molecule has 0 aromatic heterocycles. The highest BCUT2D eigenvalue weighted by atomic mass is 16.8. The first-order valence-electron chi connectivity index (χ1n) is 38.7. The van der Waals surface area contributed by atoms with Gasteiger partial charge in [-0.2, -0.15) is 0 Å². The average molecular weight is 1450 g/mol. The lowest BCUT2D eigenvalue weighted by Gasteiger charge is -2.71. The third-order valence-corrected chi connectivity index (χ3v) is 33.2. The van der Waals surface area contributed by atoms with Gasteiger partial charge in [-0.1, -0.05) is 106 Å². The Morgan fingerprint density at radius 1 is 0.480 bits per heavy atom. The van der Waals surface area contributed by atoms with Gasteiger partial charge in [-0.25, -0.2) is 0 Å².